The molecule has 138 valence electrons. The molecule has 3 aromatic rings. The molecule has 0 aliphatic heterocycles. The van der Waals surface area contributed by atoms with E-state index in [0.29, 0.717) is 11.5 Å². The van der Waals surface area contributed by atoms with Gasteiger partial charge < -0.3 is 4.74 Å². The van der Waals surface area contributed by atoms with Crippen molar-refractivity contribution in [1.82, 2.24) is 0 Å². The lowest BCUT2D eigenvalue weighted by Gasteiger charge is -2.25. The van der Waals surface area contributed by atoms with Gasteiger partial charge in [0.1, 0.15) is 6.10 Å². The fourth-order valence-corrected chi connectivity index (χ4v) is 3.22. The Balaban J connectivity index is 1.86. The molecule has 0 fully saturated rings. The van der Waals surface area contributed by atoms with Crippen LogP contribution in [-0.4, -0.2) is 5.97 Å². The molecule has 27 heavy (non-hydrogen) atoms. The second-order valence-corrected chi connectivity index (χ2v) is 7.21. The average Bonchev–Trinajstić information content (AvgIpc) is 2.72. The smallest absolute Gasteiger partial charge is 0.338 e. The highest BCUT2D eigenvalue weighted by atomic mass is 16.5. The highest BCUT2D eigenvalue weighted by molar-refractivity contribution is 5.89. The summed E-state index contributed by atoms with van der Waals surface area (Å²) in [6, 6.07) is 27.8. The minimum Gasteiger partial charge on any atom is -0.453 e. The van der Waals surface area contributed by atoms with Gasteiger partial charge in [-0.05, 0) is 34.7 Å². The Morgan fingerprint density at radius 3 is 1.70 bits per heavy atom. The van der Waals surface area contributed by atoms with E-state index in [2.05, 4.69) is 32.9 Å². The first kappa shape index (κ1) is 18.9. The lowest BCUT2D eigenvalue weighted by atomic mass is 9.90. The molecule has 2 atom stereocenters. The van der Waals surface area contributed by atoms with Gasteiger partial charge in [0, 0.05) is 5.92 Å². The molecule has 0 heterocycles. The zero-order valence-electron chi connectivity index (χ0n) is 16.1. The van der Waals surface area contributed by atoms with E-state index >= 15 is 0 Å². The van der Waals surface area contributed by atoms with E-state index in [-0.39, 0.29) is 18.0 Å². The van der Waals surface area contributed by atoms with Crippen LogP contribution in [0.25, 0.3) is 0 Å². The standard InChI is InChI=1S/C25H26O2/c1-18(2)20-14-16-23(17-15-20)25(26)27-24(22-12-8-5-9-13-22)19(3)21-10-6-4-7-11-21/h4-19,24H,1-3H3/t19-,24+/m1/s1. The van der Waals surface area contributed by atoms with Crippen molar-refractivity contribution in [3.8, 4) is 0 Å². The maximum atomic E-state index is 12.8. The van der Waals surface area contributed by atoms with Crippen LogP contribution in [0, 0.1) is 0 Å². The summed E-state index contributed by atoms with van der Waals surface area (Å²) in [5.74, 6) is 0.194. The van der Waals surface area contributed by atoms with E-state index in [0.717, 1.165) is 11.1 Å². The Bertz CT molecular complexity index is 852. The molecule has 0 unspecified atom stereocenters. The third kappa shape index (κ3) is 4.65. The van der Waals surface area contributed by atoms with Crippen molar-refractivity contribution in [2.45, 2.75) is 38.7 Å². The van der Waals surface area contributed by atoms with Crippen LogP contribution in [0.3, 0.4) is 0 Å². The van der Waals surface area contributed by atoms with Crippen molar-refractivity contribution in [3.05, 3.63) is 107 Å². The number of rotatable bonds is 6. The molecule has 0 aromatic heterocycles. The Kier molecular flexibility index (Phi) is 6.08. The van der Waals surface area contributed by atoms with Crippen LogP contribution in [-0.2, 0) is 4.74 Å². The number of ether oxygens (including phenoxy) is 1. The summed E-state index contributed by atoms with van der Waals surface area (Å²) in [7, 11) is 0. The van der Waals surface area contributed by atoms with Crippen LogP contribution in [0.15, 0.2) is 84.9 Å². The minimum absolute atomic E-state index is 0.0486. The van der Waals surface area contributed by atoms with E-state index in [9.17, 15) is 4.79 Å². The predicted octanol–water partition coefficient (Wildman–Crippen LogP) is 6.51. The van der Waals surface area contributed by atoms with E-state index < -0.39 is 0 Å². The third-order valence-electron chi connectivity index (χ3n) is 4.95. The number of carbonyl (C=O) groups is 1. The molecule has 2 heteroatoms. The molecule has 0 aliphatic rings. The van der Waals surface area contributed by atoms with Gasteiger partial charge in [0.05, 0.1) is 5.56 Å². The van der Waals surface area contributed by atoms with Gasteiger partial charge in [-0.15, -0.1) is 0 Å². The van der Waals surface area contributed by atoms with Crippen molar-refractivity contribution in [1.29, 1.82) is 0 Å². The minimum atomic E-state index is -0.342. The van der Waals surface area contributed by atoms with E-state index in [4.69, 9.17) is 4.74 Å². The van der Waals surface area contributed by atoms with E-state index in [1.807, 2.05) is 72.8 Å². The van der Waals surface area contributed by atoms with Crippen LogP contribution >= 0.6 is 0 Å². The van der Waals surface area contributed by atoms with Crippen molar-refractivity contribution in [3.63, 3.8) is 0 Å². The fraction of sp³-hybridized carbons (Fsp3) is 0.240. The van der Waals surface area contributed by atoms with Crippen molar-refractivity contribution in [2.75, 3.05) is 0 Å². The number of benzene rings is 3. The Morgan fingerprint density at radius 2 is 1.19 bits per heavy atom. The largest absolute Gasteiger partial charge is 0.453 e. The van der Waals surface area contributed by atoms with Crippen molar-refractivity contribution < 1.29 is 9.53 Å². The molecular weight excluding hydrogens is 332 g/mol. The molecule has 3 rings (SSSR count). The summed E-state index contributed by atoms with van der Waals surface area (Å²) in [5, 5.41) is 0. The molecule has 0 aliphatic carbocycles. The molecule has 0 saturated carbocycles. The van der Waals surface area contributed by atoms with Gasteiger partial charge >= 0.3 is 5.97 Å². The number of hydrogen-bond donors (Lipinski definition) is 0. The summed E-state index contributed by atoms with van der Waals surface area (Å²) >= 11 is 0. The molecule has 0 saturated heterocycles. The summed E-state index contributed by atoms with van der Waals surface area (Å²) in [6.45, 7) is 6.38. The third-order valence-corrected chi connectivity index (χ3v) is 4.95. The number of esters is 1. The molecule has 0 amide bonds. The van der Waals surface area contributed by atoms with Crippen LogP contribution < -0.4 is 0 Å². The van der Waals surface area contributed by atoms with E-state index in [1.165, 1.54) is 5.56 Å². The SMILES string of the molecule is CC(C)c1ccc(C(=O)O[C@H](c2ccccc2)[C@H](C)c2ccccc2)cc1. The maximum Gasteiger partial charge on any atom is 0.338 e. The van der Waals surface area contributed by atoms with Gasteiger partial charge in [-0.1, -0.05) is 93.6 Å². The number of carbonyl (C=O) groups excluding carboxylic acids is 1. The van der Waals surface area contributed by atoms with Gasteiger partial charge in [0.25, 0.3) is 0 Å². The summed E-state index contributed by atoms with van der Waals surface area (Å²) in [4.78, 5) is 12.8. The Labute approximate surface area is 161 Å². The lowest BCUT2D eigenvalue weighted by Crippen LogP contribution is -2.17. The normalized spacial score (nSPS) is 13.2. The molecule has 2 nitrogen and oxygen atoms in total. The van der Waals surface area contributed by atoms with Gasteiger partial charge in [0.2, 0.25) is 0 Å². The molecular formula is C25H26O2. The van der Waals surface area contributed by atoms with Crippen LogP contribution in [0.4, 0.5) is 0 Å². The summed E-state index contributed by atoms with van der Waals surface area (Å²) < 4.78 is 6.00. The molecule has 0 bridgehead atoms. The van der Waals surface area contributed by atoms with Gasteiger partial charge in [-0.3, -0.25) is 0 Å². The first-order valence-corrected chi connectivity index (χ1v) is 9.47. The monoisotopic (exact) mass is 358 g/mol. The Morgan fingerprint density at radius 1 is 0.667 bits per heavy atom. The second kappa shape index (κ2) is 8.68. The highest BCUT2D eigenvalue weighted by Crippen LogP contribution is 2.34. The zero-order valence-corrected chi connectivity index (χ0v) is 16.1. The lowest BCUT2D eigenvalue weighted by molar-refractivity contribution is 0.0240. The topological polar surface area (TPSA) is 26.3 Å². The van der Waals surface area contributed by atoms with Crippen molar-refractivity contribution >= 4 is 5.97 Å². The first-order chi connectivity index (χ1) is 13.1. The average molecular weight is 358 g/mol. The molecule has 3 aromatic carbocycles. The molecule has 0 radical (unpaired) electrons. The van der Waals surface area contributed by atoms with Gasteiger partial charge in [0.15, 0.2) is 0 Å². The first-order valence-electron chi connectivity index (χ1n) is 9.47. The highest BCUT2D eigenvalue weighted by Gasteiger charge is 2.25. The fourth-order valence-electron chi connectivity index (χ4n) is 3.22. The van der Waals surface area contributed by atoms with E-state index in [1.54, 1.807) is 0 Å². The van der Waals surface area contributed by atoms with Gasteiger partial charge in [-0.2, -0.15) is 0 Å². The molecule has 0 N–H and O–H groups in total. The summed E-state index contributed by atoms with van der Waals surface area (Å²) in [5.41, 5.74) is 3.94. The van der Waals surface area contributed by atoms with Crippen LogP contribution in [0.2, 0.25) is 0 Å². The van der Waals surface area contributed by atoms with Gasteiger partial charge in [-0.25, -0.2) is 4.79 Å². The maximum absolute atomic E-state index is 12.8. The number of hydrogen-bond acceptors (Lipinski definition) is 2. The second-order valence-electron chi connectivity index (χ2n) is 7.21. The van der Waals surface area contributed by atoms with Crippen molar-refractivity contribution in [2.24, 2.45) is 0 Å². The predicted molar refractivity (Wildman–Crippen MR) is 110 cm³/mol. The summed E-state index contributed by atoms with van der Waals surface area (Å²) in [6.07, 6.45) is -0.342. The Hall–Kier alpha value is -2.87. The quantitative estimate of drug-likeness (QED) is 0.469. The molecule has 0 spiro atoms. The van der Waals surface area contributed by atoms with Crippen LogP contribution in [0.5, 0.6) is 0 Å². The zero-order chi connectivity index (χ0) is 19.2. The van der Waals surface area contributed by atoms with Crippen LogP contribution in [0.1, 0.15) is 65.8 Å².